The summed E-state index contributed by atoms with van der Waals surface area (Å²) in [5.74, 6) is 0.513. The molecule has 210 valence electrons. The summed E-state index contributed by atoms with van der Waals surface area (Å²) in [6.07, 6.45) is 6.36. The van der Waals surface area contributed by atoms with E-state index in [9.17, 15) is 9.90 Å². The van der Waals surface area contributed by atoms with Gasteiger partial charge in [0, 0.05) is 64.3 Å². The Hall–Kier alpha value is -2.68. The molecule has 0 aliphatic carbocycles. The predicted octanol–water partition coefficient (Wildman–Crippen LogP) is 4.08. The van der Waals surface area contributed by atoms with Crippen LogP contribution in [0.25, 0.3) is 0 Å². The van der Waals surface area contributed by atoms with Gasteiger partial charge in [0.1, 0.15) is 5.75 Å². The minimum atomic E-state index is -0.346. The molecule has 38 heavy (non-hydrogen) atoms. The Morgan fingerprint density at radius 3 is 2.55 bits per heavy atom. The first-order chi connectivity index (χ1) is 18.2. The number of fused-ring (bicyclic) bond motifs is 1. The Labute approximate surface area is 228 Å². The maximum atomic E-state index is 14.1. The van der Waals surface area contributed by atoms with E-state index in [0.29, 0.717) is 24.5 Å². The highest BCUT2D eigenvalue weighted by molar-refractivity contribution is 5.98. The van der Waals surface area contributed by atoms with Crippen molar-refractivity contribution in [1.82, 2.24) is 14.8 Å². The Balaban J connectivity index is 1.90. The van der Waals surface area contributed by atoms with E-state index >= 15 is 0 Å². The third-order valence-corrected chi connectivity index (χ3v) is 7.24. The number of aliphatic hydroxyl groups excluding tert-OH is 1. The van der Waals surface area contributed by atoms with Gasteiger partial charge in [0.15, 0.2) is 0 Å². The van der Waals surface area contributed by atoms with Crippen molar-refractivity contribution in [3.8, 4) is 5.75 Å². The molecule has 0 unspecified atom stereocenters. The van der Waals surface area contributed by atoms with Gasteiger partial charge in [-0.2, -0.15) is 0 Å². The van der Waals surface area contributed by atoms with E-state index in [2.05, 4.69) is 23.9 Å². The first kappa shape index (κ1) is 29.9. The van der Waals surface area contributed by atoms with Crippen LogP contribution >= 0.6 is 0 Å². The van der Waals surface area contributed by atoms with E-state index in [1.165, 1.54) is 5.56 Å². The summed E-state index contributed by atoms with van der Waals surface area (Å²) < 4.78 is 12.7. The third-order valence-electron chi connectivity index (χ3n) is 7.24. The van der Waals surface area contributed by atoms with Crippen molar-refractivity contribution in [2.75, 3.05) is 52.3 Å². The molecule has 1 aliphatic heterocycles. The second-order valence-corrected chi connectivity index (χ2v) is 10.9. The van der Waals surface area contributed by atoms with E-state index in [-0.39, 0.29) is 36.7 Å². The third kappa shape index (κ3) is 8.41. The van der Waals surface area contributed by atoms with Gasteiger partial charge in [-0.1, -0.05) is 6.92 Å². The van der Waals surface area contributed by atoms with Crippen molar-refractivity contribution >= 4 is 11.6 Å². The lowest BCUT2D eigenvalue weighted by atomic mass is 10.0. The maximum absolute atomic E-state index is 14.1. The van der Waals surface area contributed by atoms with E-state index in [0.717, 1.165) is 38.0 Å². The lowest BCUT2D eigenvalue weighted by Crippen LogP contribution is -2.47. The predicted molar refractivity (Wildman–Crippen MR) is 152 cm³/mol. The molecule has 1 amide bonds. The molecular formula is C30H46N4O4. The molecule has 2 aromatic rings. The minimum Gasteiger partial charge on any atom is -0.490 e. The SMILES string of the molecule is C[C@@H]1CCCCO[C@H](CN(C)Cc2ccncc2)[C@@H](C)CN([C@@H](C)CO)C(=O)c2cc(N(C)C)ccc2O1. The van der Waals surface area contributed by atoms with Gasteiger partial charge in [0.25, 0.3) is 5.91 Å². The van der Waals surface area contributed by atoms with Crippen LogP contribution in [-0.2, 0) is 11.3 Å². The van der Waals surface area contributed by atoms with Gasteiger partial charge in [0.05, 0.1) is 30.4 Å². The van der Waals surface area contributed by atoms with Crippen molar-refractivity contribution in [3.63, 3.8) is 0 Å². The van der Waals surface area contributed by atoms with Gasteiger partial charge in [-0.05, 0) is 76.1 Å². The molecule has 0 radical (unpaired) electrons. The summed E-state index contributed by atoms with van der Waals surface area (Å²) in [5, 5.41) is 10.1. The quantitative estimate of drug-likeness (QED) is 0.583. The lowest BCUT2D eigenvalue weighted by Gasteiger charge is -2.36. The second-order valence-electron chi connectivity index (χ2n) is 10.9. The summed E-state index contributed by atoms with van der Waals surface area (Å²) in [5.41, 5.74) is 2.65. The van der Waals surface area contributed by atoms with Crippen LogP contribution in [0.2, 0.25) is 0 Å². The zero-order chi connectivity index (χ0) is 27.7. The molecule has 0 saturated carbocycles. The molecule has 2 heterocycles. The number of hydrogen-bond acceptors (Lipinski definition) is 7. The van der Waals surface area contributed by atoms with E-state index in [4.69, 9.17) is 9.47 Å². The van der Waals surface area contributed by atoms with E-state index < -0.39 is 0 Å². The Morgan fingerprint density at radius 2 is 1.87 bits per heavy atom. The molecule has 1 aliphatic rings. The zero-order valence-corrected chi connectivity index (χ0v) is 24.0. The first-order valence-electron chi connectivity index (χ1n) is 13.8. The lowest BCUT2D eigenvalue weighted by molar-refractivity contribution is -0.0177. The number of rotatable bonds is 7. The number of ether oxygens (including phenoxy) is 2. The average molecular weight is 527 g/mol. The molecule has 0 fully saturated rings. The van der Waals surface area contributed by atoms with Crippen LogP contribution in [0.3, 0.4) is 0 Å². The van der Waals surface area contributed by atoms with Gasteiger partial charge in [-0.25, -0.2) is 0 Å². The number of benzene rings is 1. The standard InChI is InChI=1S/C30H46N4O4/c1-22-18-34(23(2)21-35)30(36)27-17-26(32(4)5)10-11-28(27)38-24(3)9-7-8-16-37-29(22)20-33(6)19-25-12-14-31-15-13-25/h10-15,17,22-24,29,35H,7-9,16,18-21H2,1-6H3/t22-,23-,24+,29+/m0/s1. The minimum absolute atomic E-state index is 0.0281. The number of carbonyl (C=O) groups is 1. The van der Waals surface area contributed by atoms with Gasteiger partial charge >= 0.3 is 0 Å². The second kappa shape index (κ2) is 14.5. The van der Waals surface area contributed by atoms with Gasteiger partial charge < -0.3 is 24.4 Å². The normalized spacial score (nSPS) is 22.4. The first-order valence-corrected chi connectivity index (χ1v) is 13.8. The van der Waals surface area contributed by atoms with Crippen LogP contribution in [0.4, 0.5) is 5.69 Å². The number of aromatic nitrogens is 1. The molecule has 0 bridgehead atoms. The Morgan fingerprint density at radius 1 is 1.13 bits per heavy atom. The fourth-order valence-corrected chi connectivity index (χ4v) is 4.82. The molecule has 3 rings (SSSR count). The summed E-state index contributed by atoms with van der Waals surface area (Å²) in [7, 11) is 6.01. The summed E-state index contributed by atoms with van der Waals surface area (Å²) in [6, 6.07) is 9.49. The zero-order valence-electron chi connectivity index (χ0n) is 24.0. The highest BCUT2D eigenvalue weighted by Gasteiger charge is 2.30. The van der Waals surface area contributed by atoms with Crippen LogP contribution in [0.1, 0.15) is 56.0 Å². The molecule has 1 aromatic carbocycles. The van der Waals surface area contributed by atoms with Crippen LogP contribution in [0.5, 0.6) is 5.75 Å². The van der Waals surface area contributed by atoms with Crippen LogP contribution in [0.15, 0.2) is 42.7 Å². The van der Waals surface area contributed by atoms with Gasteiger partial charge in [-0.3, -0.25) is 14.7 Å². The maximum Gasteiger partial charge on any atom is 0.258 e. The number of pyridine rings is 1. The highest BCUT2D eigenvalue weighted by Crippen LogP contribution is 2.29. The van der Waals surface area contributed by atoms with Crippen molar-refractivity contribution < 1.29 is 19.4 Å². The van der Waals surface area contributed by atoms with Crippen LogP contribution in [-0.4, -0.2) is 91.5 Å². The van der Waals surface area contributed by atoms with E-state index in [1.807, 2.05) is 75.6 Å². The number of carbonyl (C=O) groups excluding carboxylic acids is 1. The molecule has 1 aromatic heterocycles. The Bertz CT molecular complexity index is 1000. The van der Waals surface area contributed by atoms with Crippen LogP contribution < -0.4 is 9.64 Å². The summed E-state index contributed by atoms with van der Waals surface area (Å²) >= 11 is 0. The van der Waals surface area contributed by atoms with Crippen molar-refractivity contribution in [1.29, 1.82) is 0 Å². The monoisotopic (exact) mass is 526 g/mol. The molecule has 1 N–H and O–H groups in total. The Kier molecular flexibility index (Phi) is 11.4. The molecule has 0 spiro atoms. The molecule has 8 nitrogen and oxygen atoms in total. The topological polar surface area (TPSA) is 78.4 Å². The average Bonchev–Trinajstić information content (AvgIpc) is 2.90. The number of nitrogens with zero attached hydrogens (tertiary/aromatic N) is 4. The smallest absolute Gasteiger partial charge is 0.258 e. The summed E-state index contributed by atoms with van der Waals surface area (Å²) in [6.45, 7) is 8.61. The fraction of sp³-hybridized carbons (Fsp3) is 0.600. The van der Waals surface area contributed by atoms with Crippen molar-refractivity contribution in [3.05, 3.63) is 53.9 Å². The molecule has 4 atom stereocenters. The number of aliphatic hydroxyl groups is 1. The van der Waals surface area contributed by atoms with Gasteiger partial charge in [-0.15, -0.1) is 0 Å². The van der Waals surface area contributed by atoms with Crippen LogP contribution in [0, 0.1) is 5.92 Å². The van der Waals surface area contributed by atoms with Crippen molar-refractivity contribution in [2.24, 2.45) is 5.92 Å². The van der Waals surface area contributed by atoms with Gasteiger partial charge in [0.2, 0.25) is 0 Å². The number of likely N-dealkylation sites (N-methyl/N-ethyl adjacent to an activating group) is 1. The largest absolute Gasteiger partial charge is 0.490 e. The fourth-order valence-electron chi connectivity index (χ4n) is 4.82. The molecule has 0 saturated heterocycles. The van der Waals surface area contributed by atoms with E-state index in [1.54, 1.807) is 4.90 Å². The molecular weight excluding hydrogens is 480 g/mol. The highest BCUT2D eigenvalue weighted by atomic mass is 16.5. The number of amides is 1. The van der Waals surface area contributed by atoms with Crippen molar-refractivity contribution in [2.45, 2.75) is 64.8 Å². The molecule has 8 heteroatoms. The number of hydrogen-bond donors (Lipinski definition) is 1. The summed E-state index contributed by atoms with van der Waals surface area (Å²) in [4.78, 5) is 24.2. The number of anilines is 1.